The lowest BCUT2D eigenvalue weighted by atomic mass is 9.91. The number of aryl methyl sites for hydroxylation is 1. The van der Waals surface area contributed by atoms with Gasteiger partial charge in [-0.25, -0.2) is 0 Å². The average Bonchev–Trinajstić information content (AvgIpc) is 2.44. The fraction of sp³-hybridized carbons (Fsp3) is 0.389. The number of nitrogens with one attached hydrogen (secondary N) is 1. The van der Waals surface area contributed by atoms with Crippen LogP contribution in [0.3, 0.4) is 0 Å². The lowest BCUT2D eigenvalue weighted by Crippen LogP contribution is -2.55. The molecule has 0 saturated carbocycles. The van der Waals surface area contributed by atoms with Crippen molar-refractivity contribution in [2.75, 3.05) is 0 Å². The summed E-state index contributed by atoms with van der Waals surface area (Å²) in [5, 5.41) is 3.37. The van der Waals surface area contributed by atoms with Gasteiger partial charge in [0.1, 0.15) is 5.82 Å². The van der Waals surface area contributed by atoms with E-state index >= 15 is 0 Å². The molecule has 3 N–H and O–H groups in total. The number of benzene rings is 1. The van der Waals surface area contributed by atoms with Crippen LogP contribution in [0.15, 0.2) is 37.2 Å². The molecule has 1 aromatic rings. The topological polar surface area (TPSA) is 58.4 Å². The molecule has 1 aliphatic heterocycles. The van der Waals surface area contributed by atoms with Crippen molar-refractivity contribution < 1.29 is 4.79 Å². The lowest BCUT2D eigenvalue weighted by molar-refractivity contribution is -0.134. The van der Waals surface area contributed by atoms with Gasteiger partial charge in [0.2, 0.25) is 5.91 Å². The number of carbonyl (C=O) groups excluding carboxylic acids is 1. The molecular weight excluding hydrogens is 274 g/mol. The van der Waals surface area contributed by atoms with Crippen molar-refractivity contribution in [1.82, 2.24) is 10.2 Å². The first-order valence-corrected chi connectivity index (χ1v) is 7.57. The molecule has 4 nitrogen and oxygen atoms in total. The van der Waals surface area contributed by atoms with Crippen molar-refractivity contribution in [1.29, 1.82) is 0 Å². The molecule has 4 heteroatoms. The minimum absolute atomic E-state index is 0.101. The van der Waals surface area contributed by atoms with Gasteiger partial charge in [-0.1, -0.05) is 32.2 Å². The molecule has 0 radical (unpaired) electrons. The molecule has 1 amide bonds. The number of nitrogens with two attached hydrogens (primary N) is 1. The number of hydrogen-bond acceptors (Lipinski definition) is 3. The normalized spacial score (nSPS) is 21.7. The summed E-state index contributed by atoms with van der Waals surface area (Å²) in [4.78, 5) is 14.2. The molecule has 2 rings (SSSR count). The minimum atomic E-state index is -0.201. The maximum atomic E-state index is 12.5. The van der Waals surface area contributed by atoms with Crippen LogP contribution < -0.4 is 11.1 Å². The van der Waals surface area contributed by atoms with E-state index in [1.807, 2.05) is 25.1 Å². The third kappa shape index (κ3) is 3.16. The molecule has 1 aromatic carbocycles. The predicted molar refractivity (Wildman–Crippen MR) is 90.5 cm³/mol. The van der Waals surface area contributed by atoms with Gasteiger partial charge in [-0.05, 0) is 43.0 Å². The largest absolute Gasteiger partial charge is 0.399 e. The highest BCUT2D eigenvalue weighted by Crippen LogP contribution is 2.27. The van der Waals surface area contributed by atoms with Gasteiger partial charge in [-0.2, -0.15) is 0 Å². The molecule has 1 fully saturated rings. The smallest absolute Gasteiger partial charge is 0.230 e. The second-order valence-corrected chi connectivity index (χ2v) is 6.31. The van der Waals surface area contributed by atoms with Gasteiger partial charge in [0, 0.05) is 17.7 Å². The van der Waals surface area contributed by atoms with Gasteiger partial charge in [-0.15, -0.1) is 0 Å². The first-order valence-electron chi connectivity index (χ1n) is 7.57. The Labute approximate surface area is 132 Å². The molecule has 1 aliphatic rings. The Hall–Kier alpha value is -2.23. The Kier molecular flexibility index (Phi) is 4.31. The van der Waals surface area contributed by atoms with E-state index in [1.54, 1.807) is 4.90 Å². The fourth-order valence-electron chi connectivity index (χ4n) is 2.65. The summed E-state index contributed by atoms with van der Waals surface area (Å²) in [7, 11) is 0. The van der Waals surface area contributed by atoms with Gasteiger partial charge in [-0.3, -0.25) is 9.69 Å². The number of carbonyl (C=O) groups is 1. The van der Waals surface area contributed by atoms with Crippen LogP contribution in [0.25, 0.3) is 5.70 Å². The van der Waals surface area contributed by atoms with Crippen LogP contribution in [0.4, 0.5) is 0 Å². The lowest BCUT2D eigenvalue weighted by Gasteiger charge is -2.41. The summed E-state index contributed by atoms with van der Waals surface area (Å²) >= 11 is 0. The van der Waals surface area contributed by atoms with Crippen molar-refractivity contribution in [3.8, 4) is 0 Å². The Bertz CT molecular complexity index is 615. The quantitative estimate of drug-likeness (QED) is 0.899. The number of rotatable bonds is 4. The summed E-state index contributed by atoms with van der Waals surface area (Å²) in [6.07, 6.45) is 1.36. The van der Waals surface area contributed by atoms with E-state index in [2.05, 4.69) is 32.3 Å². The summed E-state index contributed by atoms with van der Waals surface area (Å²) in [6.45, 7) is 14.4. The molecular formula is C18H25N3O. The van der Waals surface area contributed by atoms with Gasteiger partial charge in [0.15, 0.2) is 0 Å². The first-order chi connectivity index (χ1) is 10.3. The Morgan fingerprint density at radius 2 is 2.18 bits per heavy atom. The van der Waals surface area contributed by atoms with Crippen LogP contribution in [0, 0.1) is 6.92 Å². The fourth-order valence-corrected chi connectivity index (χ4v) is 2.65. The van der Waals surface area contributed by atoms with E-state index in [4.69, 9.17) is 5.73 Å². The number of nitrogens with zero attached hydrogens (tertiary/aromatic N) is 1. The standard InChI is InChI=1S/C18H25N3O/c1-6-18(5)10-17(22)21(14(4)20-18)11-16-9-15(13(3)19)8-7-12(16)2/h7-9,20H,3-4,6,10-11,19H2,1-2,5H3. The van der Waals surface area contributed by atoms with Gasteiger partial charge < -0.3 is 11.1 Å². The van der Waals surface area contributed by atoms with Crippen LogP contribution >= 0.6 is 0 Å². The summed E-state index contributed by atoms with van der Waals surface area (Å²) < 4.78 is 0. The van der Waals surface area contributed by atoms with Crippen molar-refractivity contribution >= 4 is 11.6 Å². The van der Waals surface area contributed by atoms with E-state index in [9.17, 15) is 4.79 Å². The maximum absolute atomic E-state index is 12.5. The third-order valence-electron chi connectivity index (χ3n) is 4.44. The highest BCUT2D eigenvalue weighted by Gasteiger charge is 2.35. The van der Waals surface area contributed by atoms with Gasteiger partial charge in [0.25, 0.3) is 0 Å². The highest BCUT2D eigenvalue weighted by atomic mass is 16.2. The third-order valence-corrected chi connectivity index (χ3v) is 4.44. The second kappa shape index (κ2) is 5.87. The van der Waals surface area contributed by atoms with Crippen LogP contribution in [0.1, 0.15) is 43.4 Å². The highest BCUT2D eigenvalue weighted by molar-refractivity contribution is 5.80. The Morgan fingerprint density at radius 3 is 2.73 bits per heavy atom. The zero-order chi connectivity index (χ0) is 16.5. The molecule has 0 bridgehead atoms. The zero-order valence-electron chi connectivity index (χ0n) is 13.7. The van der Waals surface area contributed by atoms with Gasteiger partial charge in [0.05, 0.1) is 6.54 Å². The van der Waals surface area contributed by atoms with Crippen LogP contribution in [-0.2, 0) is 11.3 Å². The molecule has 118 valence electrons. The molecule has 1 unspecified atom stereocenters. The Morgan fingerprint density at radius 1 is 1.50 bits per heavy atom. The number of hydrogen-bond donors (Lipinski definition) is 2. The van der Waals surface area contributed by atoms with Crippen molar-refractivity contribution in [3.05, 3.63) is 53.9 Å². The molecule has 1 saturated heterocycles. The van der Waals surface area contributed by atoms with Crippen molar-refractivity contribution in [2.45, 2.75) is 45.7 Å². The van der Waals surface area contributed by atoms with E-state index in [0.29, 0.717) is 24.5 Å². The zero-order valence-corrected chi connectivity index (χ0v) is 13.7. The van der Waals surface area contributed by atoms with Crippen LogP contribution in [-0.4, -0.2) is 16.3 Å². The maximum Gasteiger partial charge on any atom is 0.230 e. The van der Waals surface area contributed by atoms with E-state index in [0.717, 1.165) is 23.1 Å². The first kappa shape index (κ1) is 16.1. The van der Waals surface area contributed by atoms with Crippen LogP contribution in [0.5, 0.6) is 0 Å². The minimum Gasteiger partial charge on any atom is -0.399 e. The van der Waals surface area contributed by atoms with E-state index in [-0.39, 0.29) is 11.4 Å². The molecule has 0 aliphatic carbocycles. The van der Waals surface area contributed by atoms with Crippen molar-refractivity contribution in [3.63, 3.8) is 0 Å². The molecule has 0 spiro atoms. The van der Waals surface area contributed by atoms with E-state index in [1.165, 1.54) is 0 Å². The summed E-state index contributed by atoms with van der Waals surface area (Å²) in [5.41, 5.74) is 9.16. The van der Waals surface area contributed by atoms with E-state index < -0.39 is 0 Å². The molecule has 0 aromatic heterocycles. The monoisotopic (exact) mass is 299 g/mol. The summed E-state index contributed by atoms with van der Waals surface area (Å²) in [6, 6.07) is 5.94. The average molecular weight is 299 g/mol. The molecule has 1 atom stereocenters. The molecule has 1 heterocycles. The summed E-state index contributed by atoms with van der Waals surface area (Å²) in [5.74, 6) is 0.765. The Balaban J connectivity index is 2.24. The number of amides is 1. The SMILES string of the molecule is C=C(N)c1ccc(C)c(CN2C(=C)NC(C)(CC)CC2=O)c1. The van der Waals surface area contributed by atoms with Crippen LogP contribution in [0.2, 0.25) is 0 Å². The molecule has 22 heavy (non-hydrogen) atoms. The van der Waals surface area contributed by atoms with Gasteiger partial charge >= 0.3 is 0 Å². The predicted octanol–water partition coefficient (Wildman–Crippen LogP) is 2.89. The second-order valence-electron chi connectivity index (χ2n) is 6.31. The van der Waals surface area contributed by atoms with Crippen molar-refractivity contribution in [2.24, 2.45) is 5.73 Å².